The van der Waals surface area contributed by atoms with Crippen LogP contribution in [-0.4, -0.2) is 69.9 Å². The number of methoxy groups -OCH3 is 1. The zero-order valence-corrected chi connectivity index (χ0v) is 22.5. The number of aromatic nitrogens is 4. The van der Waals surface area contributed by atoms with E-state index in [1.807, 2.05) is 36.6 Å². The first-order valence-electron chi connectivity index (χ1n) is 12.9. The van der Waals surface area contributed by atoms with Gasteiger partial charge in [0.15, 0.2) is 0 Å². The Morgan fingerprint density at radius 3 is 2.44 bits per heavy atom. The number of hydrogen-bond donors (Lipinski definition) is 0. The number of hydrogen-bond acceptors (Lipinski definition) is 7. The Kier molecular flexibility index (Phi) is 7.13. The molecule has 4 heterocycles. The van der Waals surface area contributed by atoms with Crippen molar-refractivity contribution < 1.29 is 22.7 Å². The molecule has 0 unspecified atom stereocenters. The molecular weight excluding hydrogens is 511 g/mol. The summed E-state index contributed by atoms with van der Waals surface area (Å²) in [7, 11) is 1.48. The SMILES string of the molecule is COc1ncc(N2CCc3c(C(F)(F)F)ccc(N4CCN(C(=O)Cn5nc(C)cc5C)[C@H](C)C4)c3C2)cn1. The average Bonchev–Trinajstić information content (AvgIpc) is 3.22. The number of amides is 1. The first kappa shape index (κ1) is 26.8. The van der Waals surface area contributed by atoms with Gasteiger partial charge in [-0.15, -0.1) is 0 Å². The van der Waals surface area contributed by atoms with Crippen LogP contribution in [0.25, 0.3) is 0 Å². The lowest BCUT2D eigenvalue weighted by atomic mass is 9.91. The number of piperazine rings is 1. The van der Waals surface area contributed by atoms with Gasteiger partial charge in [0.05, 0.1) is 36.4 Å². The number of alkyl halides is 3. The lowest BCUT2D eigenvalue weighted by molar-refractivity contribution is -0.138. The van der Waals surface area contributed by atoms with Crippen molar-refractivity contribution >= 4 is 17.3 Å². The fourth-order valence-corrected chi connectivity index (χ4v) is 5.62. The van der Waals surface area contributed by atoms with Crippen LogP contribution in [0.3, 0.4) is 0 Å². The Morgan fingerprint density at radius 2 is 1.82 bits per heavy atom. The van der Waals surface area contributed by atoms with Crippen LogP contribution in [0, 0.1) is 13.8 Å². The van der Waals surface area contributed by atoms with Crippen LogP contribution < -0.4 is 14.5 Å². The minimum absolute atomic E-state index is 0.0199. The first-order valence-corrected chi connectivity index (χ1v) is 12.9. The molecule has 2 aliphatic heterocycles. The third kappa shape index (κ3) is 5.37. The van der Waals surface area contributed by atoms with Crippen molar-refractivity contribution in [3.63, 3.8) is 0 Å². The Balaban J connectivity index is 1.39. The van der Waals surface area contributed by atoms with Gasteiger partial charge in [-0.3, -0.25) is 9.48 Å². The monoisotopic (exact) mass is 543 g/mol. The average molecular weight is 544 g/mol. The van der Waals surface area contributed by atoms with Crippen molar-refractivity contribution in [2.24, 2.45) is 0 Å². The molecule has 1 fully saturated rings. The molecule has 0 saturated carbocycles. The number of fused-ring (bicyclic) bond motifs is 1. The molecule has 3 aromatic rings. The summed E-state index contributed by atoms with van der Waals surface area (Å²) in [5.41, 5.74) is 3.68. The molecule has 39 heavy (non-hydrogen) atoms. The molecule has 1 aromatic carbocycles. The van der Waals surface area contributed by atoms with Crippen LogP contribution in [0.15, 0.2) is 30.6 Å². The van der Waals surface area contributed by atoms with Crippen LogP contribution in [0.1, 0.15) is 35.0 Å². The molecule has 5 rings (SSSR count). The molecule has 9 nitrogen and oxygen atoms in total. The highest BCUT2D eigenvalue weighted by atomic mass is 19.4. The lowest BCUT2D eigenvalue weighted by Gasteiger charge is -2.43. The molecule has 208 valence electrons. The molecule has 0 aliphatic carbocycles. The van der Waals surface area contributed by atoms with Crippen molar-refractivity contribution in [2.45, 2.75) is 52.5 Å². The van der Waals surface area contributed by atoms with Gasteiger partial charge in [0, 0.05) is 50.1 Å². The summed E-state index contributed by atoms with van der Waals surface area (Å²) in [6.07, 6.45) is -0.936. The zero-order valence-electron chi connectivity index (χ0n) is 22.5. The predicted molar refractivity (Wildman–Crippen MR) is 140 cm³/mol. The van der Waals surface area contributed by atoms with Gasteiger partial charge in [-0.25, -0.2) is 9.97 Å². The third-order valence-corrected chi connectivity index (χ3v) is 7.53. The number of anilines is 2. The van der Waals surface area contributed by atoms with E-state index in [1.165, 1.54) is 13.2 Å². The second-order valence-corrected chi connectivity index (χ2v) is 10.2. The molecule has 0 radical (unpaired) electrons. The Hall–Kier alpha value is -3.83. The van der Waals surface area contributed by atoms with Gasteiger partial charge in [0.25, 0.3) is 0 Å². The van der Waals surface area contributed by atoms with Crippen molar-refractivity contribution in [3.05, 3.63) is 58.7 Å². The van der Waals surface area contributed by atoms with Gasteiger partial charge >= 0.3 is 12.2 Å². The Labute approximate surface area is 225 Å². The van der Waals surface area contributed by atoms with E-state index in [0.717, 1.165) is 22.8 Å². The van der Waals surface area contributed by atoms with E-state index >= 15 is 0 Å². The summed E-state index contributed by atoms with van der Waals surface area (Å²) < 4.78 is 48.6. The molecule has 0 bridgehead atoms. The van der Waals surface area contributed by atoms with Crippen LogP contribution in [0.4, 0.5) is 24.5 Å². The minimum atomic E-state index is -4.44. The molecule has 1 amide bonds. The predicted octanol–water partition coefficient (Wildman–Crippen LogP) is 3.62. The lowest BCUT2D eigenvalue weighted by Crippen LogP contribution is -2.55. The third-order valence-electron chi connectivity index (χ3n) is 7.53. The molecule has 2 aromatic heterocycles. The van der Waals surface area contributed by atoms with Crippen LogP contribution in [-0.2, 0) is 30.5 Å². The van der Waals surface area contributed by atoms with Crippen molar-refractivity contribution in [3.8, 4) is 6.01 Å². The number of carbonyl (C=O) groups is 1. The molecule has 12 heteroatoms. The number of ether oxygens (including phenoxy) is 1. The van der Waals surface area contributed by atoms with E-state index in [2.05, 4.69) is 20.0 Å². The van der Waals surface area contributed by atoms with Crippen molar-refractivity contribution in [2.75, 3.05) is 43.1 Å². The summed E-state index contributed by atoms with van der Waals surface area (Å²) in [6, 6.07) is 4.83. The molecule has 1 saturated heterocycles. The van der Waals surface area contributed by atoms with Gasteiger partial charge in [-0.05, 0) is 56.5 Å². The molecule has 1 atom stereocenters. The van der Waals surface area contributed by atoms with E-state index in [-0.39, 0.29) is 30.9 Å². The maximum Gasteiger partial charge on any atom is 0.416 e. The Morgan fingerprint density at radius 1 is 1.08 bits per heavy atom. The molecular formula is C27H32F3N7O2. The maximum absolute atomic E-state index is 14.0. The maximum atomic E-state index is 14.0. The van der Waals surface area contributed by atoms with E-state index in [1.54, 1.807) is 23.1 Å². The summed E-state index contributed by atoms with van der Waals surface area (Å²) in [4.78, 5) is 27.4. The fraction of sp³-hybridized carbons (Fsp3) is 0.481. The van der Waals surface area contributed by atoms with E-state index in [4.69, 9.17) is 4.74 Å². The van der Waals surface area contributed by atoms with Crippen LogP contribution in [0.5, 0.6) is 6.01 Å². The fourth-order valence-electron chi connectivity index (χ4n) is 5.62. The highest BCUT2D eigenvalue weighted by Gasteiger charge is 2.38. The second kappa shape index (κ2) is 10.4. The van der Waals surface area contributed by atoms with Crippen molar-refractivity contribution in [1.82, 2.24) is 24.6 Å². The largest absolute Gasteiger partial charge is 0.467 e. The Bertz CT molecular complexity index is 1360. The molecule has 2 aliphatic rings. The first-order chi connectivity index (χ1) is 18.5. The summed E-state index contributed by atoms with van der Waals surface area (Å²) in [5, 5.41) is 4.40. The minimum Gasteiger partial charge on any atom is -0.467 e. The highest BCUT2D eigenvalue weighted by Crippen LogP contribution is 2.40. The zero-order chi connectivity index (χ0) is 27.9. The standard InChI is InChI=1S/C27H32F3N7O2/c1-17-11-18(2)37(33-17)16-25(38)36-10-9-35(14-19(36)3)24-6-5-23(27(28,29)30)21-7-8-34(15-22(21)24)20-12-31-26(39-4)32-13-20/h5-6,11-13,19H,7-10,14-16H2,1-4H3/t19-/m1/s1. The number of benzene rings is 1. The number of rotatable bonds is 5. The van der Waals surface area contributed by atoms with Crippen LogP contribution in [0.2, 0.25) is 0 Å². The van der Waals surface area contributed by atoms with Gasteiger partial charge in [0.2, 0.25) is 5.91 Å². The quantitative estimate of drug-likeness (QED) is 0.487. The summed E-state index contributed by atoms with van der Waals surface area (Å²) >= 11 is 0. The summed E-state index contributed by atoms with van der Waals surface area (Å²) in [5.74, 6) is -0.0199. The van der Waals surface area contributed by atoms with Gasteiger partial charge in [-0.2, -0.15) is 18.3 Å². The number of carbonyl (C=O) groups excluding carboxylic acids is 1. The number of halogens is 3. The number of aryl methyl sites for hydroxylation is 2. The van der Waals surface area contributed by atoms with Gasteiger partial charge in [-0.1, -0.05) is 0 Å². The number of nitrogens with zero attached hydrogens (tertiary/aromatic N) is 7. The second-order valence-electron chi connectivity index (χ2n) is 10.2. The summed E-state index contributed by atoms with van der Waals surface area (Å²) in [6.45, 7) is 8.19. The topological polar surface area (TPSA) is 79.6 Å². The van der Waals surface area contributed by atoms with E-state index in [0.29, 0.717) is 43.9 Å². The van der Waals surface area contributed by atoms with Crippen LogP contribution >= 0.6 is 0 Å². The normalized spacial score (nSPS) is 17.8. The van der Waals surface area contributed by atoms with Gasteiger partial charge in [0.1, 0.15) is 6.54 Å². The van der Waals surface area contributed by atoms with E-state index < -0.39 is 11.7 Å². The molecule has 0 N–H and O–H groups in total. The highest BCUT2D eigenvalue weighted by molar-refractivity contribution is 5.77. The molecule has 0 spiro atoms. The van der Waals surface area contributed by atoms with E-state index in [9.17, 15) is 18.0 Å². The van der Waals surface area contributed by atoms with Gasteiger partial charge < -0.3 is 19.4 Å². The smallest absolute Gasteiger partial charge is 0.416 e. The van der Waals surface area contributed by atoms with Crippen molar-refractivity contribution in [1.29, 1.82) is 0 Å².